The number of para-hydroxylation sites is 2. The van der Waals surface area contributed by atoms with E-state index in [1.54, 1.807) is 19.2 Å². The van der Waals surface area contributed by atoms with Gasteiger partial charge in [-0.2, -0.15) is 0 Å². The molecule has 30 heavy (non-hydrogen) atoms. The third-order valence-electron chi connectivity index (χ3n) is 5.41. The Kier molecular flexibility index (Phi) is 5.27. The number of ether oxygens (including phenoxy) is 1. The van der Waals surface area contributed by atoms with Crippen molar-refractivity contribution in [3.8, 4) is 5.75 Å². The number of benzene rings is 3. The first-order valence-electron chi connectivity index (χ1n) is 9.94. The van der Waals surface area contributed by atoms with E-state index in [-0.39, 0.29) is 23.9 Å². The van der Waals surface area contributed by atoms with Crippen molar-refractivity contribution in [1.29, 1.82) is 0 Å². The van der Waals surface area contributed by atoms with Gasteiger partial charge in [0.1, 0.15) is 12.3 Å². The molecule has 152 valence electrons. The maximum absolute atomic E-state index is 13.0. The third-order valence-corrected chi connectivity index (χ3v) is 5.41. The Bertz CT molecular complexity index is 1250. The molecule has 3 aromatic carbocycles. The van der Waals surface area contributed by atoms with Crippen molar-refractivity contribution in [3.05, 3.63) is 88.1 Å². The zero-order valence-electron chi connectivity index (χ0n) is 17.3. The molecule has 4 aromatic rings. The summed E-state index contributed by atoms with van der Waals surface area (Å²) in [4.78, 5) is 25.9. The molecule has 0 spiro atoms. The van der Waals surface area contributed by atoms with Crippen LogP contribution in [-0.2, 0) is 11.3 Å². The van der Waals surface area contributed by atoms with E-state index in [4.69, 9.17) is 4.74 Å². The van der Waals surface area contributed by atoms with Crippen LogP contribution in [0, 0.1) is 6.92 Å². The predicted octanol–water partition coefficient (Wildman–Crippen LogP) is 4.35. The minimum absolute atomic E-state index is 0.0178. The number of carbonyl (C=O) groups excluding carboxylic acids is 1. The van der Waals surface area contributed by atoms with E-state index in [2.05, 4.69) is 5.32 Å². The molecule has 0 aliphatic carbocycles. The highest BCUT2D eigenvalue weighted by molar-refractivity contribution is 5.94. The van der Waals surface area contributed by atoms with Crippen LogP contribution >= 0.6 is 0 Å². The molecule has 0 aliphatic rings. The second-order valence-electron chi connectivity index (χ2n) is 7.48. The van der Waals surface area contributed by atoms with E-state index >= 15 is 0 Å². The predicted molar refractivity (Wildman–Crippen MR) is 120 cm³/mol. The van der Waals surface area contributed by atoms with Gasteiger partial charge in [-0.3, -0.25) is 9.59 Å². The summed E-state index contributed by atoms with van der Waals surface area (Å²) in [5.74, 6) is 0.609. The topological polar surface area (TPSA) is 60.3 Å². The number of nitrogens with one attached hydrogen (secondary N) is 1. The van der Waals surface area contributed by atoms with Gasteiger partial charge in [0.25, 0.3) is 0 Å². The summed E-state index contributed by atoms with van der Waals surface area (Å²) in [7, 11) is 1.63. The summed E-state index contributed by atoms with van der Waals surface area (Å²) < 4.78 is 7.36. The Morgan fingerprint density at radius 2 is 1.60 bits per heavy atom. The standard InChI is InChI=1S/C25H24N2O3/c1-16-12-13-23(30-3)20(14-16)17(2)26-24(28)15-27-21-10-6-4-8-18(21)25(29)19-9-5-7-11-22(19)27/h4-14,17H,15H2,1-3H3,(H,26,28). The first-order chi connectivity index (χ1) is 14.5. The van der Waals surface area contributed by atoms with Gasteiger partial charge in [0.2, 0.25) is 5.91 Å². The van der Waals surface area contributed by atoms with Crippen LogP contribution in [0.25, 0.3) is 21.8 Å². The van der Waals surface area contributed by atoms with Gasteiger partial charge < -0.3 is 14.6 Å². The number of pyridine rings is 1. The van der Waals surface area contributed by atoms with Gasteiger partial charge in [-0.25, -0.2) is 0 Å². The number of methoxy groups -OCH3 is 1. The van der Waals surface area contributed by atoms with Gasteiger partial charge in [0.15, 0.2) is 5.43 Å². The van der Waals surface area contributed by atoms with Crippen LogP contribution in [0.4, 0.5) is 0 Å². The molecule has 0 fully saturated rings. The Morgan fingerprint density at radius 3 is 2.20 bits per heavy atom. The largest absolute Gasteiger partial charge is 0.496 e. The minimum Gasteiger partial charge on any atom is -0.496 e. The van der Waals surface area contributed by atoms with Crippen molar-refractivity contribution in [2.24, 2.45) is 0 Å². The first-order valence-corrected chi connectivity index (χ1v) is 9.94. The number of aryl methyl sites for hydroxylation is 1. The van der Waals surface area contributed by atoms with E-state index in [0.29, 0.717) is 10.8 Å². The van der Waals surface area contributed by atoms with Crippen LogP contribution < -0.4 is 15.5 Å². The second kappa shape index (κ2) is 8.03. The molecular formula is C25H24N2O3. The van der Waals surface area contributed by atoms with Crippen molar-refractivity contribution >= 4 is 27.7 Å². The molecule has 1 unspecified atom stereocenters. The molecule has 1 heterocycles. The minimum atomic E-state index is -0.218. The van der Waals surface area contributed by atoms with Gasteiger partial charge in [-0.1, -0.05) is 42.0 Å². The fourth-order valence-corrected chi connectivity index (χ4v) is 3.95. The second-order valence-corrected chi connectivity index (χ2v) is 7.48. The highest BCUT2D eigenvalue weighted by Gasteiger charge is 2.17. The van der Waals surface area contributed by atoms with Crippen LogP contribution in [0.15, 0.2) is 71.5 Å². The normalized spacial score (nSPS) is 12.1. The summed E-state index contributed by atoms with van der Waals surface area (Å²) in [6.07, 6.45) is 0. The molecule has 4 rings (SSSR count). The van der Waals surface area contributed by atoms with Crippen molar-refractivity contribution < 1.29 is 9.53 Å². The highest BCUT2D eigenvalue weighted by Crippen LogP contribution is 2.26. The van der Waals surface area contributed by atoms with Gasteiger partial charge in [-0.05, 0) is 44.2 Å². The van der Waals surface area contributed by atoms with E-state index < -0.39 is 0 Å². The van der Waals surface area contributed by atoms with Crippen LogP contribution in [0.5, 0.6) is 5.75 Å². The molecule has 0 saturated carbocycles. The molecule has 1 atom stereocenters. The van der Waals surface area contributed by atoms with E-state index in [0.717, 1.165) is 27.9 Å². The quantitative estimate of drug-likeness (QED) is 0.507. The number of amides is 1. The molecule has 1 aromatic heterocycles. The lowest BCUT2D eigenvalue weighted by molar-refractivity contribution is -0.122. The lowest BCUT2D eigenvalue weighted by atomic mass is 10.0. The SMILES string of the molecule is COc1ccc(C)cc1C(C)NC(=O)Cn1c2ccccc2c(=O)c2ccccc21. The Hall–Kier alpha value is -3.60. The molecule has 0 radical (unpaired) electrons. The molecular weight excluding hydrogens is 376 g/mol. The lowest BCUT2D eigenvalue weighted by Crippen LogP contribution is -2.31. The fraction of sp³-hybridized carbons (Fsp3) is 0.200. The molecule has 5 heteroatoms. The zero-order valence-corrected chi connectivity index (χ0v) is 17.3. The van der Waals surface area contributed by atoms with E-state index in [1.165, 1.54) is 0 Å². The summed E-state index contributed by atoms with van der Waals surface area (Å²) in [6.45, 7) is 4.06. The zero-order chi connectivity index (χ0) is 21.3. The molecule has 5 nitrogen and oxygen atoms in total. The monoisotopic (exact) mass is 400 g/mol. The number of carbonyl (C=O) groups is 1. The fourth-order valence-electron chi connectivity index (χ4n) is 3.95. The van der Waals surface area contributed by atoms with Crippen LogP contribution in [0.3, 0.4) is 0 Å². The van der Waals surface area contributed by atoms with Crippen LogP contribution in [0.2, 0.25) is 0 Å². The summed E-state index contributed by atoms with van der Waals surface area (Å²) in [6, 6.07) is 20.5. The molecule has 1 N–H and O–H groups in total. The first kappa shape index (κ1) is 19.7. The maximum atomic E-state index is 13.0. The lowest BCUT2D eigenvalue weighted by Gasteiger charge is -2.20. The summed E-state index contributed by atoms with van der Waals surface area (Å²) in [5.41, 5.74) is 3.51. The Balaban J connectivity index is 1.71. The molecule has 0 bridgehead atoms. The number of aromatic nitrogens is 1. The number of nitrogens with zero attached hydrogens (tertiary/aromatic N) is 1. The van der Waals surface area contributed by atoms with Gasteiger partial charge in [-0.15, -0.1) is 0 Å². The number of rotatable bonds is 5. The average molecular weight is 400 g/mol. The van der Waals surface area contributed by atoms with Crippen LogP contribution in [-0.4, -0.2) is 17.6 Å². The van der Waals surface area contributed by atoms with Crippen molar-refractivity contribution in [2.45, 2.75) is 26.4 Å². The van der Waals surface area contributed by atoms with Gasteiger partial charge in [0.05, 0.1) is 24.2 Å². The van der Waals surface area contributed by atoms with E-state index in [1.807, 2.05) is 73.0 Å². The van der Waals surface area contributed by atoms with Gasteiger partial charge in [0, 0.05) is 16.3 Å². The smallest absolute Gasteiger partial charge is 0.240 e. The average Bonchev–Trinajstić information content (AvgIpc) is 2.76. The summed E-state index contributed by atoms with van der Waals surface area (Å²) in [5, 5.41) is 4.29. The Labute approximate surface area is 174 Å². The van der Waals surface area contributed by atoms with Gasteiger partial charge >= 0.3 is 0 Å². The highest BCUT2D eigenvalue weighted by atomic mass is 16.5. The van der Waals surface area contributed by atoms with Crippen LogP contribution in [0.1, 0.15) is 24.1 Å². The number of hydrogen-bond acceptors (Lipinski definition) is 3. The Morgan fingerprint density at radius 1 is 1.00 bits per heavy atom. The number of hydrogen-bond donors (Lipinski definition) is 1. The van der Waals surface area contributed by atoms with Crippen molar-refractivity contribution in [1.82, 2.24) is 9.88 Å². The number of fused-ring (bicyclic) bond motifs is 2. The maximum Gasteiger partial charge on any atom is 0.240 e. The van der Waals surface area contributed by atoms with Crippen molar-refractivity contribution in [2.75, 3.05) is 7.11 Å². The van der Waals surface area contributed by atoms with E-state index in [9.17, 15) is 9.59 Å². The summed E-state index contributed by atoms with van der Waals surface area (Å²) >= 11 is 0. The molecule has 0 aliphatic heterocycles. The van der Waals surface area contributed by atoms with Crippen molar-refractivity contribution in [3.63, 3.8) is 0 Å². The molecule has 0 saturated heterocycles. The molecule has 1 amide bonds. The third kappa shape index (κ3) is 3.54.